The van der Waals surface area contributed by atoms with Gasteiger partial charge in [-0.15, -0.1) is 0 Å². The summed E-state index contributed by atoms with van der Waals surface area (Å²) in [4.78, 5) is 25.1. The lowest BCUT2D eigenvalue weighted by molar-refractivity contribution is -0.137. The molecular formula is C14H15F3N2O2. The van der Waals surface area contributed by atoms with Gasteiger partial charge in [-0.3, -0.25) is 9.59 Å². The Balaban J connectivity index is 2.28. The van der Waals surface area contributed by atoms with Crippen molar-refractivity contribution in [1.29, 1.82) is 0 Å². The molecule has 114 valence electrons. The zero-order valence-electron chi connectivity index (χ0n) is 11.5. The number of carbonyl (C=O) groups excluding carboxylic acids is 2. The summed E-state index contributed by atoms with van der Waals surface area (Å²) in [6, 6.07) is 3.55. The first kappa shape index (κ1) is 15.3. The van der Waals surface area contributed by atoms with Crippen LogP contribution in [-0.2, 0) is 11.0 Å². The molecule has 1 aromatic rings. The van der Waals surface area contributed by atoms with Crippen molar-refractivity contribution in [3.8, 4) is 0 Å². The van der Waals surface area contributed by atoms with Gasteiger partial charge in [0.15, 0.2) is 0 Å². The van der Waals surface area contributed by atoms with E-state index >= 15 is 0 Å². The summed E-state index contributed by atoms with van der Waals surface area (Å²) in [5.41, 5.74) is -0.770. The number of anilines is 1. The summed E-state index contributed by atoms with van der Waals surface area (Å²) in [5.74, 6) is -0.0815. The van der Waals surface area contributed by atoms with Crippen LogP contribution >= 0.6 is 0 Å². The topological polar surface area (TPSA) is 40.6 Å². The normalized spacial score (nSPS) is 16.0. The van der Waals surface area contributed by atoms with E-state index in [-0.39, 0.29) is 17.2 Å². The van der Waals surface area contributed by atoms with Crippen molar-refractivity contribution in [2.24, 2.45) is 0 Å². The number of benzene rings is 1. The van der Waals surface area contributed by atoms with Crippen LogP contribution in [0.1, 0.15) is 22.8 Å². The molecule has 0 bridgehead atoms. The fraction of sp³-hybridized carbons (Fsp3) is 0.429. The predicted molar refractivity (Wildman–Crippen MR) is 71.3 cm³/mol. The molecular weight excluding hydrogens is 285 g/mol. The van der Waals surface area contributed by atoms with Crippen LogP contribution in [0.15, 0.2) is 18.2 Å². The van der Waals surface area contributed by atoms with Crippen LogP contribution in [0.25, 0.3) is 0 Å². The largest absolute Gasteiger partial charge is 0.418 e. The van der Waals surface area contributed by atoms with Gasteiger partial charge in [-0.25, -0.2) is 0 Å². The highest BCUT2D eigenvalue weighted by Crippen LogP contribution is 2.37. The SMILES string of the molecule is CC(=O)N1CCN(c2ccc(C=O)cc2C(F)(F)F)CC1. The van der Waals surface area contributed by atoms with Crippen LogP contribution in [-0.4, -0.2) is 43.3 Å². The number of nitrogens with zero attached hydrogens (tertiary/aromatic N) is 2. The lowest BCUT2D eigenvalue weighted by Crippen LogP contribution is -2.48. The van der Waals surface area contributed by atoms with Crippen molar-refractivity contribution in [1.82, 2.24) is 4.90 Å². The smallest absolute Gasteiger partial charge is 0.367 e. The molecule has 1 saturated heterocycles. The van der Waals surface area contributed by atoms with E-state index in [1.807, 2.05) is 0 Å². The molecule has 2 rings (SSSR count). The van der Waals surface area contributed by atoms with Gasteiger partial charge in [-0.1, -0.05) is 0 Å². The predicted octanol–water partition coefficient (Wildman–Crippen LogP) is 2.19. The minimum atomic E-state index is -4.52. The Morgan fingerprint density at radius 1 is 1.19 bits per heavy atom. The van der Waals surface area contributed by atoms with E-state index in [0.717, 1.165) is 6.07 Å². The van der Waals surface area contributed by atoms with Gasteiger partial charge in [0.25, 0.3) is 0 Å². The van der Waals surface area contributed by atoms with Gasteiger partial charge >= 0.3 is 6.18 Å². The van der Waals surface area contributed by atoms with Gasteiger partial charge in [0.05, 0.1) is 5.56 Å². The first-order valence-corrected chi connectivity index (χ1v) is 6.50. The molecule has 1 fully saturated rings. The number of amides is 1. The van der Waals surface area contributed by atoms with E-state index < -0.39 is 11.7 Å². The Labute approximate surface area is 120 Å². The van der Waals surface area contributed by atoms with E-state index in [0.29, 0.717) is 32.5 Å². The van der Waals surface area contributed by atoms with E-state index in [1.54, 1.807) is 9.80 Å². The van der Waals surface area contributed by atoms with E-state index in [1.165, 1.54) is 19.1 Å². The molecule has 21 heavy (non-hydrogen) atoms. The third kappa shape index (κ3) is 3.34. The molecule has 0 spiro atoms. The average Bonchev–Trinajstić information content (AvgIpc) is 2.46. The van der Waals surface area contributed by atoms with Crippen LogP contribution in [0.3, 0.4) is 0 Å². The molecule has 7 heteroatoms. The molecule has 1 aliphatic rings. The summed E-state index contributed by atoms with van der Waals surface area (Å²) in [7, 11) is 0. The maximum absolute atomic E-state index is 13.1. The lowest BCUT2D eigenvalue weighted by atomic mass is 10.1. The molecule has 0 aromatic heterocycles. The van der Waals surface area contributed by atoms with Gasteiger partial charge in [-0.2, -0.15) is 13.2 Å². The van der Waals surface area contributed by atoms with Crippen molar-refractivity contribution in [3.05, 3.63) is 29.3 Å². The van der Waals surface area contributed by atoms with E-state index in [9.17, 15) is 22.8 Å². The van der Waals surface area contributed by atoms with Crippen LogP contribution in [0, 0.1) is 0 Å². The second kappa shape index (κ2) is 5.75. The van der Waals surface area contributed by atoms with Crippen LogP contribution in [0.4, 0.5) is 18.9 Å². The van der Waals surface area contributed by atoms with Gasteiger partial charge in [0.2, 0.25) is 5.91 Å². The average molecular weight is 300 g/mol. The summed E-state index contributed by atoms with van der Waals surface area (Å²) in [6.45, 7) is 2.89. The summed E-state index contributed by atoms with van der Waals surface area (Å²) in [6.07, 6.45) is -4.13. The summed E-state index contributed by atoms with van der Waals surface area (Å²) in [5, 5.41) is 0. The Morgan fingerprint density at radius 2 is 1.81 bits per heavy atom. The molecule has 4 nitrogen and oxygen atoms in total. The van der Waals surface area contributed by atoms with E-state index in [4.69, 9.17) is 0 Å². The maximum atomic E-state index is 13.1. The molecule has 0 atom stereocenters. The number of alkyl halides is 3. The first-order valence-electron chi connectivity index (χ1n) is 6.50. The van der Waals surface area contributed by atoms with Crippen LogP contribution in [0.5, 0.6) is 0 Å². The molecule has 1 amide bonds. The fourth-order valence-corrected chi connectivity index (χ4v) is 2.39. The van der Waals surface area contributed by atoms with Crippen molar-refractivity contribution in [2.75, 3.05) is 31.1 Å². The first-order chi connectivity index (χ1) is 9.82. The second-order valence-corrected chi connectivity index (χ2v) is 4.89. The molecule has 0 unspecified atom stereocenters. The number of rotatable bonds is 2. The van der Waals surface area contributed by atoms with Crippen LogP contribution in [0.2, 0.25) is 0 Å². The number of halogens is 3. The minimum Gasteiger partial charge on any atom is -0.367 e. The highest BCUT2D eigenvalue weighted by atomic mass is 19.4. The number of hydrogen-bond acceptors (Lipinski definition) is 3. The minimum absolute atomic E-state index is 0.00607. The third-order valence-electron chi connectivity index (χ3n) is 3.53. The molecule has 1 aromatic carbocycles. The fourth-order valence-electron chi connectivity index (χ4n) is 2.39. The van der Waals surface area contributed by atoms with Crippen molar-refractivity contribution in [2.45, 2.75) is 13.1 Å². The Hall–Kier alpha value is -2.05. The number of carbonyl (C=O) groups is 2. The Kier molecular flexibility index (Phi) is 4.20. The highest BCUT2D eigenvalue weighted by Gasteiger charge is 2.35. The van der Waals surface area contributed by atoms with Gasteiger partial charge in [0.1, 0.15) is 6.29 Å². The zero-order valence-corrected chi connectivity index (χ0v) is 11.5. The van der Waals surface area contributed by atoms with Gasteiger partial charge in [-0.05, 0) is 18.2 Å². The maximum Gasteiger partial charge on any atom is 0.418 e. The van der Waals surface area contributed by atoms with Gasteiger partial charge in [0, 0.05) is 44.4 Å². The molecule has 0 saturated carbocycles. The van der Waals surface area contributed by atoms with E-state index in [2.05, 4.69) is 0 Å². The molecule has 1 heterocycles. The van der Waals surface area contributed by atoms with Gasteiger partial charge < -0.3 is 9.80 Å². The Bertz CT molecular complexity index is 550. The number of hydrogen-bond donors (Lipinski definition) is 0. The lowest BCUT2D eigenvalue weighted by Gasteiger charge is -2.36. The van der Waals surface area contributed by atoms with Crippen molar-refractivity contribution >= 4 is 17.9 Å². The summed E-state index contributed by atoms with van der Waals surface area (Å²) < 4.78 is 39.4. The molecule has 0 radical (unpaired) electrons. The summed E-state index contributed by atoms with van der Waals surface area (Å²) >= 11 is 0. The van der Waals surface area contributed by atoms with Crippen LogP contribution < -0.4 is 4.90 Å². The standard InChI is InChI=1S/C14H15F3N2O2/c1-10(21)18-4-6-19(7-5-18)13-3-2-11(9-20)8-12(13)14(15,16)17/h2-3,8-9H,4-7H2,1H3. The monoisotopic (exact) mass is 300 g/mol. The number of piperazine rings is 1. The number of aldehydes is 1. The quantitative estimate of drug-likeness (QED) is 0.786. The van der Waals surface area contributed by atoms with Crippen molar-refractivity contribution in [3.63, 3.8) is 0 Å². The third-order valence-corrected chi connectivity index (χ3v) is 3.53. The molecule has 0 N–H and O–H groups in total. The molecule has 1 aliphatic heterocycles. The molecule has 0 aliphatic carbocycles. The second-order valence-electron chi connectivity index (χ2n) is 4.89. The zero-order chi connectivity index (χ0) is 15.6. The Morgan fingerprint density at radius 3 is 2.29 bits per heavy atom. The van der Waals surface area contributed by atoms with Crippen molar-refractivity contribution < 1.29 is 22.8 Å². The highest BCUT2D eigenvalue weighted by molar-refractivity contribution is 5.77.